The van der Waals surface area contributed by atoms with Gasteiger partial charge < -0.3 is 15.2 Å². The normalized spacial score (nSPS) is 13.7. The maximum absolute atomic E-state index is 11.6. The minimum Gasteiger partial charge on any atom is -0.497 e. The molecule has 0 aliphatic heterocycles. The van der Waals surface area contributed by atoms with Crippen molar-refractivity contribution in [3.63, 3.8) is 0 Å². The van der Waals surface area contributed by atoms with E-state index in [1.54, 1.807) is 7.11 Å². The third kappa shape index (κ3) is 3.52. The summed E-state index contributed by atoms with van der Waals surface area (Å²) in [7, 11) is 3.05. The van der Waals surface area contributed by atoms with Crippen LogP contribution in [0.4, 0.5) is 0 Å². The van der Waals surface area contributed by atoms with Gasteiger partial charge in [-0.3, -0.25) is 4.79 Å². The van der Waals surface area contributed by atoms with E-state index in [2.05, 4.69) is 6.07 Å². The van der Waals surface area contributed by atoms with Crippen LogP contribution >= 0.6 is 0 Å². The van der Waals surface area contributed by atoms with Gasteiger partial charge in [0.05, 0.1) is 20.6 Å². The predicted octanol–water partition coefficient (Wildman–Crippen LogP) is 2.84. The molecule has 2 N–H and O–H groups in total. The summed E-state index contributed by atoms with van der Waals surface area (Å²) in [5.74, 6) is 0.532. The summed E-state index contributed by atoms with van der Waals surface area (Å²) in [4.78, 5) is 11.6. The fourth-order valence-electron chi connectivity index (χ4n) is 2.47. The summed E-state index contributed by atoms with van der Waals surface area (Å²) in [5, 5.41) is 2.20. The van der Waals surface area contributed by atoms with Crippen LogP contribution in [0.5, 0.6) is 5.75 Å². The Morgan fingerprint density at radius 1 is 1.14 bits per heavy atom. The largest absolute Gasteiger partial charge is 0.497 e. The number of carbonyl (C=O) groups is 1. The van der Waals surface area contributed by atoms with Crippen LogP contribution in [0, 0.1) is 0 Å². The summed E-state index contributed by atoms with van der Waals surface area (Å²) in [6.45, 7) is 1.91. The lowest BCUT2D eigenvalue weighted by atomic mass is 9.88. The first kappa shape index (κ1) is 15.3. The van der Waals surface area contributed by atoms with Crippen molar-refractivity contribution in [2.45, 2.75) is 25.3 Å². The van der Waals surface area contributed by atoms with Gasteiger partial charge in [0.2, 0.25) is 0 Å². The topological polar surface area (TPSA) is 61.5 Å². The highest BCUT2D eigenvalue weighted by Gasteiger charge is 2.20. The molecule has 0 bridgehead atoms. The van der Waals surface area contributed by atoms with Gasteiger partial charge in [-0.25, -0.2) is 0 Å². The van der Waals surface area contributed by atoms with Crippen LogP contribution in [0.2, 0.25) is 0 Å². The number of ether oxygens (including phenoxy) is 2. The molecule has 21 heavy (non-hydrogen) atoms. The average Bonchev–Trinajstić information content (AvgIpc) is 2.50. The SMILES string of the molecule is COC(=O)CC(c1ccc2cc(OC)ccc2c1)C(C)N. The molecule has 0 fully saturated rings. The zero-order chi connectivity index (χ0) is 15.4. The number of carbonyl (C=O) groups excluding carboxylic acids is 1. The number of esters is 1. The second-order valence-electron chi connectivity index (χ2n) is 5.22. The summed E-state index contributed by atoms with van der Waals surface area (Å²) < 4.78 is 9.98. The molecule has 2 unspecified atom stereocenters. The van der Waals surface area contributed by atoms with E-state index in [9.17, 15) is 4.79 Å². The number of methoxy groups -OCH3 is 2. The molecule has 0 aliphatic rings. The van der Waals surface area contributed by atoms with Crippen LogP contribution in [0.3, 0.4) is 0 Å². The van der Waals surface area contributed by atoms with E-state index in [1.165, 1.54) is 7.11 Å². The van der Waals surface area contributed by atoms with Crippen LogP contribution in [-0.4, -0.2) is 26.2 Å². The number of nitrogens with two attached hydrogens (primary N) is 1. The van der Waals surface area contributed by atoms with Gasteiger partial charge in [-0.2, -0.15) is 0 Å². The molecule has 0 heterocycles. The maximum Gasteiger partial charge on any atom is 0.306 e. The van der Waals surface area contributed by atoms with Gasteiger partial charge >= 0.3 is 5.97 Å². The van der Waals surface area contributed by atoms with Crippen molar-refractivity contribution >= 4 is 16.7 Å². The van der Waals surface area contributed by atoms with Gasteiger partial charge in [0.15, 0.2) is 0 Å². The van der Waals surface area contributed by atoms with Crippen molar-refractivity contribution in [2.24, 2.45) is 5.73 Å². The fourth-order valence-corrected chi connectivity index (χ4v) is 2.47. The first-order valence-electron chi connectivity index (χ1n) is 6.95. The summed E-state index contributed by atoms with van der Waals surface area (Å²) >= 11 is 0. The van der Waals surface area contributed by atoms with Crippen molar-refractivity contribution in [3.8, 4) is 5.75 Å². The average molecular weight is 287 g/mol. The Bertz CT molecular complexity index is 637. The molecule has 2 aromatic rings. The number of hydrogen-bond acceptors (Lipinski definition) is 4. The molecule has 4 nitrogen and oxygen atoms in total. The van der Waals surface area contributed by atoms with Crippen LogP contribution < -0.4 is 10.5 Å². The highest BCUT2D eigenvalue weighted by Crippen LogP contribution is 2.28. The Kier molecular flexibility index (Phi) is 4.81. The number of rotatable bonds is 5. The van der Waals surface area contributed by atoms with Crippen molar-refractivity contribution in [1.29, 1.82) is 0 Å². The molecule has 0 spiro atoms. The van der Waals surface area contributed by atoms with E-state index in [0.29, 0.717) is 0 Å². The zero-order valence-corrected chi connectivity index (χ0v) is 12.6. The van der Waals surface area contributed by atoms with Gasteiger partial charge in [0.25, 0.3) is 0 Å². The smallest absolute Gasteiger partial charge is 0.306 e. The maximum atomic E-state index is 11.6. The van der Waals surface area contributed by atoms with Crippen molar-refractivity contribution in [2.75, 3.05) is 14.2 Å². The van der Waals surface area contributed by atoms with Crippen molar-refractivity contribution in [3.05, 3.63) is 42.0 Å². The van der Waals surface area contributed by atoms with E-state index < -0.39 is 0 Å². The van der Waals surface area contributed by atoms with Gasteiger partial charge in [0, 0.05) is 12.0 Å². The third-order valence-corrected chi connectivity index (χ3v) is 3.75. The Labute approximate surface area is 124 Å². The monoisotopic (exact) mass is 287 g/mol. The van der Waals surface area contributed by atoms with E-state index in [-0.39, 0.29) is 24.3 Å². The Morgan fingerprint density at radius 2 is 1.81 bits per heavy atom. The van der Waals surface area contributed by atoms with Crippen molar-refractivity contribution < 1.29 is 14.3 Å². The zero-order valence-electron chi connectivity index (χ0n) is 12.6. The van der Waals surface area contributed by atoms with Gasteiger partial charge in [-0.15, -0.1) is 0 Å². The molecule has 0 aliphatic carbocycles. The second-order valence-corrected chi connectivity index (χ2v) is 5.22. The molecule has 2 aromatic carbocycles. The van der Waals surface area contributed by atoms with Gasteiger partial charge in [-0.05, 0) is 35.4 Å². The number of fused-ring (bicyclic) bond motifs is 1. The molecule has 4 heteroatoms. The molecule has 0 radical (unpaired) electrons. The second kappa shape index (κ2) is 6.59. The van der Waals surface area contributed by atoms with E-state index >= 15 is 0 Å². The molecule has 0 saturated heterocycles. The van der Waals surface area contributed by atoms with E-state index in [4.69, 9.17) is 15.2 Å². The predicted molar refractivity (Wildman–Crippen MR) is 83.5 cm³/mol. The Hall–Kier alpha value is -2.07. The molecular formula is C17H21NO3. The first-order chi connectivity index (χ1) is 10.0. The highest BCUT2D eigenvalue weighted by atomic mass is 16.5. The minimum absolute atomic E-state index is 0.0519. The molecule has 0 amide bonds. The van der Waals surface area contributed by atoms with Crippen LogP contribution in [0.15, 0.2) is 36.4 Å². The first-order valence-corrected chi connectivity index (χ1v) is 6.95. The number of benzene rings is 2. The molecule has 0 saturated carbocycles. The third-order valence-electron chi connectivity index (χ3n) is 3.75. The molecule has 112 valence electrons. The molecule has 0 aromatic heterocycles. The lowest BCUT2D eigenvalue weighted by molar-refractivity contribution is -0.141. The minimum atomic E-state index is -0.243. The lowest BCUT2D eigenvalue weighted by Crippen LogP contribution is -2.27. The van der Waals surface area contributed by atoms with Gasteiger partial charge in [-0.1, -0.05) is 24.3 Å². The summed E-state index contributed by atoms with van der Waals surface area (Å²) in [6.07, 6.45) is 0.288. The lowest BCUT2D eigenvalue weighted by Gasteiger charge is -2.20. The molecular weight excluding hydrogens is 266 g/mol. The van der Waals surface area contributed by atoms with E-state index in [1.807, 2.05) is 37.3 Å². The van der Waals surface area contributed by atoms with Crippen molar-refractivity contribution in [1.82, 2.24) is 0 Å². The van der Waals surface area contributed by atoms with Crippen LogP contribution in [0.25, 0.3) is 10.8 Å². The Morgan fingerprint density at radius 3 is 2.43 bits per heavy atom. The standard InChI is InChI=1S/C17H21NO3/c1-11(18)16(10-17(19)21-3)14-5-4-13-9-15(20-2)7-6-12(13)8-14/h4-9,11,16H,10,18H2,1-3H3. The summed E-state index contributed by atoms with van der Waals surface area (Å²) in [6, 6.07) is 11.9. The van der Waals surface area contributed by atoms with Gasteiger partial charge in [0.1, 0.15) is 5.75 Å². The molecule has 2 atom stereocenters. The number of hydrogen-bond donors (Lipinski definition) is 1. The van der Waals surface area contributed by atoms with Crippen LogP contribution in [0.1, 0.15) is 24.8 Å². The molecule has 2 rings (SSSR count). The van der Waals surface area contributed by atoms with Crippen LogP contribution in [-0.2, 0) is 9.53 Å². The fraction of sp³-hybridized carbons (Fsp3) is 0.353. The Balaban J connectivity index is 2.37. The van der Waals surface area contributed by atoms with E-state index in [0.717, 1.165) is 22.1 Å². The quantitative estimate of drug-likeness (QED) is 0.859. The summed E-state index contributed by atoms with van der Waals surface area (Å²) in [5.41, 5.74) is 7.08. The highest BCUT2D eigenvalue weighted by molar-refractivity contribution is 5.85.